The van der Waals surface area contributed by atoms with Gasteiger partial charge in [0.15, 0.2) is 0 Å². The molecule has 0 atom stereocenters. The van der Waals surface area contributed by atoms with E-state index in [-0.39, 0.29) is 26.2 Å². The molecule has 126 valence electrons. The summed E-state index contributed by atoms with van der Waals surface area (Å²) in [5.74, 6) is 0. The summed E-state index contributed by atoms with van der Waals surface area (Å²) < 4.78 is 0. The third-order valence-electron chi connectivity index (χ3n) is 4.09. The van der Waals surface area contributed by atoms with Crippen molar-refractivity contribution in [1.82, 2.24) is 0 Å². The maximum atomic E-state index is 2.26. The normalized spacial score (nSPS) is 9.91. The Morgan fingerprint density at radius 1 is 0.652 bits per heavy atom. The molecule has 0 aliphatic heterocycles. The summed E-state index contributed by atoms with van der Waals surface area (Å²) in [6, 6.07) is 13.4. The van der Waals surface area contributed by atoms with Gasteiger partial charge in [-0.2, -0.15) is 34.4 Å². The van der Waals surface area contributed by atoms with E-state index in [1.54, 1.807) is 22.3 Å². The van der Waals surface area contributed by atoms with E-state index < -0.39 is 0 Å². The Balaban J connectivity index is 0.000000403. The monoisotopic (exact) mass is 388 g/mol. The molecule has 23 heavy (non-hydrogen) atoms. The zero-order valence-corrected chi connectivity index (χ0v) is 18.1. The number of hydrogen-bond donors (Lipinski definition) is 0. The molecule has 2 aromatic rings. The van der Waals surface area contributed by atoms with Crippen LogP contribution in [-0.2, 0) is 51.9 Å². The maximum Gasteiger partial charge on any atom is 2.00 e. The van der Waals surface area contributed by atoms with E-state index in [4.69, 9.17) is 0 Å². The Hall–Kier alpha value is -0.417. The second-order valence-electron chi connectivity index (χ2n) is 6.15. The van der Waals surface area contributed by atoms with Crippen LogP contribution in [0.3, 0.4) is 0 Å². The molecular formula is C22H34Zr. The fourth-order valence-corrected chi connectivity index (χ4v) is 3.04. The molecule has 0 saturated carbocycles. The largest absolute Gasteiger partial charge is 2.00 e. The molecule has 2 aromatic carbocycles. The zero-order chi connectivity index (χ0) is 16.2. The minimum Gasteiger partial charge on any atom is -0.213 e. The third-order valence-corrected chi connectivity index (χ3v) is 4.09. The van der Waals surface area contributed by atoms with E-state index in [1.165, 1.54) is 51.4 Å². The Kier molecular flexibility index (Phi) is 13.7. The standard InChI is InChI=1S/2C11H17.Zr/c2*1-3-6-10-8-5-9-11(10)7-4-2;/h2*5,8-9H,3-4,6-7H2,1-2H3;/q2*-1;+2. The summed E-state index contributed by atoms with van der Waals surface area (Å²) in [5.41, 5.74) is 6.26. The predicted molar refractivity (Wildman–Crippen MR) is 100 cm³/mol. The van der Waals surface area contributed by atoms with Crippen molar-refractivity contribution in [1.29, 1.82) is 0 Å². The molecule has 0 radical (unpaired) electrons. The van der Waals surface area contributed by atoms with Gasteiger partial charge in [0.05, 0.1) is 0 Å². The van der Waals surface area contributed by atoms with Crippen LogP contribution >= 0.6 is 0 Å². The van der Waals surface area contributed by atoms with Gasteiger partial charge >= 0.3 is 26.2 Å². The van der Waals surface area contributed by atoms with Crippen molar-refractivity contribution >= 4 is 0 Å². The van der Waals surface area contributed by atoms with Crippen LogP contribution in [0, 0.1) is 0 Å². The van der Waals surface area contributed by atoms with E-state index in [1.807, 2.05) is 0 Å². The second kappa shape index (κ2) is 14.0. The van der Waals surface area contributed by atoms with E-state index in [0.717, 1.165) is 0 Å². The maximum absolute atomic E-state index is 2.26. The predicted octanol–water partition coefficient (Wildman–Crippen LogP) is 6.62. The van der Waals surface area contributed by atoms with Crippen LogP contribution in [0.5, 0.6) is 0 Å². The molecular weight excluding hydrogens is 355 g/mol. The number of hydrogen-bond acceptors (Lipinski definition) is 0. The quantitative estimate of drug-likeness (QED) is 0.445. The molecule has 2 rings (SSSR count). The van der Waals surface area contributed by atoms with Gasteiger partial charge in [-0.05, 0) is 0 Å². The van der Waals surface area contributed by atoms with E-state index in [9.17, 15) is 0 Å². The smallest absolute Gasteiger partial charge is 0.213 e. The van der Waals surface area contributed by atoms with Gasteiger partial charge in [0.1, 0.15) is 0 Å². The van der Waals surface area contributed by atoms with Crippen molar-refractivity contribution in [3.8, 4) is 0 Å². The van der Waals surface area contributed by atoms with Crippen molar-refractivity contribution < 1.29 is 26.2 Å². The third kappa shape index (κ3) is 8.30. The van der Waals surface area contributed by atoms with Gasteiger partial charge in [0.25, 0.3) is 0 Å². The molecule has 0 unspecified atom stereocenters. The van der Waals surface area contributed by atoms with Gasteiger partial charge < -0.3 is 0 Å². The van der Waals surface area contributed by atoms with E-state index >= 15 is 0 Å². The Morgan fingerprint density at radius 2 is 1.04 bits per heavy atom. The molecule has 0 N–H and O–H groups in total. The van der Waals surface area contributed by atoms with Crippen molar-refractivity contribution in [3.05, 3.63) is 58.7 Å². The molecule has 0 aromatic heterocycles. The summed E-state index contributed by atoms with van der Waals surface area (Å²) in [5, 5.41) is 0. The molecule has 0 nitrogen and oxygen atoms in total. The van der Waals surface area contributed by atoms with Gasteiger partial charge in [0, 0.05) is 0 Å². The van der Waals surface area contributed by atoms with Gasteiger partial charge in [0.2, 0.25) is 0 Å². The molecule has 0 saturated heterocycles. The fourth-order valence-electron chi connectivity index (χ4n) is 3.04. The van der Waals surface area contributed by atoms with Crippen molar-refractivity contribution in [2.24, 2.45) is 0 Å². The van der Waals surface area contributed by atoms with Gasteiger partial charge in [-0.25, -0.2) is 24.3 Å². The van der Waals surface area contributed by atoms with Crippen LogP contribution in [0.25, 0.3) is 0 Å². The van der Waals surface area contributed by atoms with E-state index in [2.05, 4.69) is 64.1 Å². The van der Waals surface area contributed by atoms with E-state index in [0.29, 0.717) is 0 Å². The fraction of sp³-hybridized carbons (Fsp3) is 0.545. The first-order chi connectivity index (χ1) is 10.8. The minimum absolute atomic E-state index is 0. The molecule has 0 aliphatic rings. The van der Waals surface area contributed by atoms with Crippen LogP contribution < -0.4 is 0 Å². The van der Waals surface area contributed by atoms with Crippen molar-refractivity contribution in [3.63, 3.8) is 0 Å². The average Bonchev–Trinajstić information content (AvgIpc) is 3.12. The summed E-state index contributed by atoms with van der Waals surface area (Å²) in [6.07, 6.45) is 10.1. The van der Waals surface area contributed by atoms with Crippen LogP contribution in [-0.4, -0.2) is 0 Å². The second-order valence-corrected chi connectivity index (χ2v) is 6.15. The summed E-state index contributed by atoms with van der Waals surface area (Å²) >= 11 is 0. The molecule has 0 bridgehead atoms. The van der Waals surface area contributed by atoms with Crippen LogP contribution in [0.4, 0.5) is 0 Å². The van der Waals surface area contributed by atoms with Crippen LogP contribution in [0.1, 0.15) is 75.6 Å². The SMILES string of the molecule is CCCc1ccc[c-]1CCC.CCCc1ccc[c-]1CCC.[Zr+2]. The zero-order valence-electron chi connectivity index (χ0n) is 15.6. The molecule has 0 aliphatic carbocycles. The molecule has 1 heteroatoms. The van der Waals surface area contributed by atoms with Crippen LogP contribution in [0.2, 0.25) is 0 Å². The first-order valence-electron chi connectivity index (χ1n) is 9.23. The Labute approximate surface area is 163 Å². The topological polar surface area (TPSA) is 0 Å². The average molecular weight is 390 g/mol. The number of rotatable bonds is 8. The van der Waals surface area contributed by atoms with Gasteiger partial charge in [-0.15, -0.1) is 0 Å². The summed E-state index contributed by atoms with van der Waals surface area (Å²) in [7, 11) is 0. The van der Waals surface area contributed by atoms with Gasteiger partial charge in [-0.1, -0.05) is 79.1 Å². The Bertz CT molecular complexity index is 402. The molecule has 0 heterocycles. The van der Waals surface area contributed by atoms with Gasteiger partial charge in [-0.3, -0.25) is 0 Å². The van der Waals surface area contributed by atoms with Crippen molar-refractivity contribution in [2.45, 2.75) is 79.1 Å². The first-order valence-corrected chi connectivity index (χ1v) is 9.23. The van der Waals surface area contributed by atoms with Crippen molar-refractivity contribution in [2.75, 3.05) is 0 Å². The first kappa shape index (κ1) is 22.6. The Morgan fingerprint density at radius 3 is 1.35 bits per heavy atom. The molecule has 0 spiro atoms. The minimum atomic E-state index is 0. The summed E-state index contributed by atoms with van der Waals surface area (Å²) in [6.45, 7) is 8.96. The number of aryl methyl sites for hydroxylation is 4. The molecule has 0 amide bonds. The summed E-state index contributed by atoms with van der Waals surface area (Å²) in [4.78, 5) is 0. The van der Waals surface area contributed by atoms with Crippen LogP contribution in [0.15, 0.2) is 36.4 Å². The molecule has 0 fully saturated rings.